The van der Waals surface area contributed by atoms with E-state index in [2.05, 4.69) is 38.7 Å². The molecule has 0 aliphatic carbocycles. The van der Waals surface area contributed by atoms with E-state index in [4.69, 9.17) is 10.7 Å². The van der Waals surface area contributed by atoms with E-state index < -0.39 is 0 Å². The molecule has 3 aromatic rings. The van der Waals surface area contributed by atoms with E-state index in [9.17, 15) is 0 Å². The number of nitrogens with two attached hydrogens (primary N) is 1. The Bertz CT molecular complexity index is 729. The zero-order chi connectivity index (χ0) is 13.4. The molecule has 0 aliphatic rings. The van der Waals surface area contributed by atoms with Crippen LogP contribution in [0.15, 0.2) is 46.9 Å². The minimum atomic E-state index is 0.565. The van der Waals surface area contributed by atoms with Crippen molar-refractivity contribution in [2.45, 2.75) is 6.54 Å². The molecule has 0 bridgehead atoms. The number of imidazole rings is 1. The van der Waals surface area contributed by atoms with Crippen molar-refractivity contribution in [1.29, 1.82) is 0 Å². The lowest BCUT2D eigenvalue weighted by molar-refractivity contribution is 0.958. The van der Waals surface area contributed by atoms with Crippen molar-refractivity contribution in [1.82, 2.24) is 9.55 Å². The molecule has 96 valence electrons. The van der Waals surface area contributed by atoms with Crippen LogP contribution in [-0.4, -0.2) is 9.55 Å². The van der Waals surface area contributed by atoms with Gasteiger partial charge in [0.2, 0.25) is 0 Å². The van der Waals surface area contributed by atoms with Gasteiger partial charge in [0.15, 0.2) is 0 Å². The number of rotatable bonds is 2. The molecule has 0 unspecified atom stereocenters. The van der Waals surface area contributed by atoms with Gasteiger partial charge in [-0.25, -0.2) is 4.98 Å². The molecular formula is C15H14BrN3. The summed E-state index contributed by atoms with van der Waals surface area (Å²) < 4.78 is 3.15. The molecule has 0 saturated heterocycles. The summed E-state index contributed by atoms with van der Waals surface area (Å²) in [6, 6.07) is 14.4. The predicted molar refractivity (Wildman–Crippen MR) is 81.7 cm³/mol. The SMILES string of the molecule is Cn1c(-c2ccc(CN)cc2)nc2cc(Br)ccc21. The number of hydrogen-bond donors (Lipinski definition) is 1. The Hall–Kier alpha value is -1.65. The number of aryl methyl sites for hydroxylation is 1. The van der Waals surface area contributed by atoms with Crippen molar-refractivity contribution < 1.29 is 0 Å². The molecule has 3 nitrogen and oxygen atoms in total. The molecule has 2 N–H and O–H groups in total. The molecule has 19 heavy (non-hydrogen) atoms. The average Bonchev–Trinajstić information content (AvgIpc) is 2.75. The molecule has 1 aromatic heterocycles. The molecule has 4 heteroatoms. The lowest BCUT2D eigenvalue weighted by Gasteiger charge is -2.03. The van der Waals surface area contributed by atoms with Gasteiger partial charge < -0.3 is 10.3 Å². The smallest absolute Gasteiger partial charge is 0.140 e. The third-order valence-corrected chi connectivity index (χ3v) is 3.78. The highest BCUT2D eigenvalue weighted by molar-refractivity contribution is 9.10. The fourth-order valence-corrected chi connectivity index (χ4v) is 2.57. The fourth-order valence-electron chi connectivity index (χ4n) is 2.22. The summed E-state index contributed by atoms with van der Waals surface area (Å²) >= 11 is 3.48. The third-order valence-electron chi connectivity index (χ3n) is 3.29. The topological polar surface area (TPSA) is 43.8 Å². The molecule has 0 atom stereocenters. The van der Waals surface area contributed by atoms with Crippen molar-refractivity contribution in [3.05, 3.63) is 52.5 Å². The highest BCUT2D eigenvalue weighted by atomic mass is 79.9. The first kappa shape index (κ1) is 12.4. The van der Waals surface area contributed by atoms with Crippen LogP contribution in [0.2, 0.25) is 0 Å². The molecule has 0 radical (unpaired) electrons. The molecule has 2 aromatic carbocycles. The van der Waals surface area contributed by atoms with Gasteiger partial charge in [0.05, 0.1) is 11.0 Å². The van der Waals surface area contributed by atoms with Crippen LogP contribution >= 0.6 is 15.9 Å². The lowest BCUT2D eigenvalue weighted by atomic mass is 10.1. The van der Waals surface area contributed by atoms with Crippen molar-refractivity contribution in [3.63, 3.8) is 0 Å². The molecule has 0 fully saturated rings. The van der Waals surface area contributed by atoms with Crippen LogP contribution < -0.4 is 5.73 Å². The maximum Gasteiger partial charge on any atom is 0.140 e. The Labute approximate surface area is 120 Å². The molecule has 1 heterocycles. The van der Waals surface area contributed by atoms with Crippen LogP contribution in [0.5, 0.6) is 0 Å². The van der Waals surface area contributed by atoms with Gasteiger partial charge >= 0.3 is 0 Å². The van der Waals surface area contributed by atoms with Gasteiger partial charge in [-0.05, 0) is 23.8 Å². The van der Waals surface area contributed by atoms with Crippen LogP contribution in [0.25, 0.3) is 22.4 Å². The highest BCUT2D eigenvalue weighted by Crippen LogP contribution is 2.25. The Morgan fingerprint density at radius 1 is 1.16 bits per heavy atom. The summed E-state index contributed by atoms with van der Waals surface area (Å²) in [6.07, 6.45) is 0. The number of hydrogen-bond acceptors (Lipinski definition) is 2. The van der Waals surface area contributed by atoms with Gasteiger partial charge in [-0.1, -0.05) is 40.2 Å². The van der Waals surface area contributed by atoms with E-state index in [1.807, 2.05) is 31.3 Å². The molecule has 3 rings (SSSR count). The van der Waals surface area contributed by atoms with E-state index in [1.54, 1.807) is 0 Å². The molecular weight excluding hydrogens is 302 g/mol. The maximum absolute atomic E-state index is 5.62. The van der Waals surface area contributed by atoms with Crippen LogP contribution in [0.4, 0.5) is 0 Å². The Morgan fingerprint density at radius 3 is 2.58 bits per heavy atom. The Balaban J connectivity index is 2.15. The fraction of sp³-hybridized carbons (Fsp3) is 0.133. The van der Waals surface area contributed by atoms with Crippen LogP contribution in [0, 0.1) is 0 Å². The standard InChI is InChI=1S/C15H14BrN3/c1-19-14-7-6-12(16)8-13(14)18-15(19)11-4-2-10(9-17)3-5-11/h2-8H,9,17H2,1H3. The average molecular weight is 316 g/mol. The summed E-state index contributed by atoms with van der Waals surface area (Å²) in [5.74, 6) is 0.969. The van der Waals surface area contributed by atoms with Gasteiger partial charge in [0, 0.05) is 23.6 Å². The number of nitrogens with zero attached hydrogens (tertiary/aromatic N) is 2. The second kappa shape index (κ2) is 4.79. The van der Waals surface area contributed by atoms with Crippen molar-refractivity contribution in [3.8, 4) is 11.4 Å². The van der Waals surface area contributed by atoms with Gasteiger partial charge in [-0.3, -0.25) is 0 Å². The molecule has 0 aliphatic heterocycles. The van der Waals surface area contributed by atoms with Gasteiger partial charge in [0.25, 0.3) is 0 Å². The summed E-state index contributed by atoms with van der Waals surface area (Å²) in [5, 5.41) is 0. The van der Waals surface area contributed by atoms with Crippen LogP contribution in [0.1, 0.15) is 5.56 Å². The van der Waals surface area contributed by atoms with Crippen molar-refractivity contribution in [2.75, 3.05) is 0 Å². The van der Waals surface area contributed by atoms with E-state index in [0.717, 1.165) is 32.5 Å². The van der Waals surface area contributed by atoms with Crippen LogP contribution in [-0.2, 0) is 13.6 Å². The quantitative estimate of drug-likeness (QED) is 0.787. The first-order valence-electron chi connectivity index (χ1n) is 6.10. The summed E-state index contributed by atoms with van der Waals surface area (Å²) in [4.78, 5) is 4.70. The minimum Gasteiger partial charge on any atom is -0.327 e. The monoisotopic (exact) mass is 315 g/mol. The second-order valence-electron chi connectivity index (χ2n) is 4.53. The minimum absolute atomic E-state index is 0.565. The molecule has 0 spiro atoms. The number of benzene rings is 2. The van der Waals surface area contributed by atoms with E-state index in [0.29, 0.717) is 6.54 Å². The highest BCUT2D eigenvalue weighted by Gasteiger charge is 2.09. The first-order valence-corrected chi connectivity index (χ1v) is 6.89. The summed E-state index contributed by atoms with van der Waals surface area (Å²) in [5.41, 5.74) is 9.98. The van der Waals surface area contributed by atoms with Gasteiger partial charge in [0.1, 0.15) is 5.82 Å². The Kier molecular flexibility index (Phi) is 3.12. The normalized spacial score (nSPS) is 11.1. The molecule has 0 amide bonds. The lowest BCUT2D eigenvalue weighted by Crippen LogP contribution is -1.96. The maximum atomic E-state index is 5.62. The third kappa shape index (κ3) is 2.17. The van der Waals surface area contributed by atoms with E-state index >= 15 is 0 Å². The number of halogens is 1. The Morgan fingerprint density at radius 2 is 1.89 bits per heavy atom. The largest absolute Gasteiger partial charge is 0.327 e. The van der Waals surface area contributed by atoms with Gasteiger partial charge in [-0.2, -0.15) is 0 Å². The van der Waals surface area contributed by atoms with E-state index in [-0.39, 0.29) is 0 Å². The van der Waals surface area contributed by atoms with Crippen LogP contribution in [0.3, 0.4) is 0 Å². The first-order chi connectivity index (χ1) is 9.19. The van der Waals surface area contributed by atoms with E-state index in [1.165, 1.54) is 0 Å². The predicted octanol–water partition coefficient (Wildman–Crippen LogP) is 3.46. The van der Waals surface area contributed by atoms with Crippen molar-refractivity contribution >= 4 is 27.0 Å². The number of fused-ring (bicyclic) bond motifs is 1. The zero-order valence-electron chi connectivity index (χ0n) is 10.6. The summed E-state index contributed by atoms with van der Waals surface area (Å²) in [6.45, 7) is 0.565. The number of aromatic nitrogens is 2. The van der Waals surface area contributed by atoms with Crippen molar-refractivity contribution in [2.24, 2.45) is 12.8 Å². The summed E-state index contributed by atoms with van der Waals surface area (Å²) in [7, 11) is 2.04. The second-order valence-corrected chi connectivity index (χ2v) is 5.44. The van der Waals surface area contributed by atoms with Gasteiger partial charge in [-0.15, -0.1) is 0 Å². The zero-order valence-corrected chi connectivity index (χ0v) is 12.2. The molecule has 0 saturated carbocycles.